The Morgan fingerprint density at radius 2 is 2.00 bits per heavy atom. The molecule has 0 aromatic heterocycles. The number of carbonyl (C=O) groups is 1. The average molecular weight is 261 g/mol. The highest BCUT2D eigenvalue weighted by molar-refractivity contribution is 7.51. The van der Waals surface area contributed by atoms with Crippen LogP contribution in [0, 0.1) is 0 Å². The molecule has 0 saturated heterocycles. The molecule has 1 aromatic rings. The minimum Gasteiger partial charge on any atom is -0.472 e. The van der Waals surface area contributed by atoms with Gasteiger partial charge in [0.2, 0.25) is 0 Å². The third-order valence-electron chi connectivity index (χ3n) is 1.72. The molecule has 0 saturated carbocycles. The minimum atomic E-state index is -0.561. The summed E-state index contributed by atoms with van der Waals surface area (Å²) in [6.07, 6.45) is 0. The SMILES string of the molecule is COC(=O)c1ccc(N)c(OP(C)C)c1.P. The molecule has 4 nitrogen and oxygen atoms in total. The fourth-order valence-electron chi connectivity index (χ4n) is 1.05. The molecule has 0 aliphatic carbocycles. The summed E-state index contributed by atoms with van der Waals surface area (Å²) >= 11 is 0. The van der Waals surface area contributed by atoms with Crippen molar-refractivity contribution < 1.29 is 14.1 Å². The van der Waals surface area contributed by atoms with Crippen LogP contribution in [0.2, 0.25) is 0 Å². The zero-order chi connectivity index (χ0) is 11.4. The van der Waals surface area contributed by atoms with E-state index in [9.17, 15) is 4.79 Å². The van der Waals surface area contributed by atoms with Gasteiger partial charge in [-0.3, -0.25) is 0 Å². The minimum absolute atomic E-state index is 0. The zero-order valence-corrected chi connectivity index (χ0v) is 12.0. The van der Waals surface area contributed by atoms with E-state index in [4.69, 9.17) is 10.3 Å². The van der Waals surface area contributed by atoms with Crippen molar-refractivity contribution in [2.75, 3.05) is 26.2 Å². The summed E-state index contributed by atoms with van der Waals surface area (Å²) in [4.78, 5) is 11.2. The fourth-order valence-corrected chi connectivity index (χ4v) is 1.61. The molecule has 0 aliphatic rings. The number of esters is 1. The molecule has 0 spiro atoms. The van der Waals surface area contributed by atoms with Crippen molar-refractivity contribution in [3.63, 3.8) is 0 Å². The molecule has 16 heavy (non-hydrogen) atoms. The Morgan fingerprint density at radius 3 is 2.50 bits per heavy atom. The van der Waals surface area contributed by atoms with Gasteiger partial charge in [0.05, 0.1) is 26.5 Å². The Kier molecular flexibility index (Phi) is 6.32. The van der Waals surface area contributed by atoms with Crippen molar-refractivity contribution in [1.82, 2.24) is 0 Å². The van der Waals surface area contributed by atoms with Crippen LogP contribution in [0.4, 0.5) is 5.69 Å². The number of benzene rings is 1. The Morgan fingerprint density at radius 1 is 1.38 bits per heavy atom. The monoisotopic (exact) mass is 261 g/mol. The van der Waals surface area contributed by atoms with E-state index in [2.05, 4.69) is 4.74 Å². The van der Waals surface area contributed by atoms with Crippen LogP contribution in [0.3, 0.4) is 0 Å². The first-order valence-corrected chi connectivity index (χ1v) is 6.53. The highest BCUT2D eigenvalue weighted by atomic mass is 31.1. The molecular weight excluding hydrogens is 244 g/mol. The molecule has 0 heterocycles. The van der Waals surface area contributed by atoms with Crippen LogP contribution in [0.15, 0.2) is 18.2 Å². The first kappa shape index (κ1) is 15.2. The maximum atomic E-state index is 11.2. The number of nitrogens with two attached hydrogens (primary N) is 1. The molecule has 0 bridgehead atoms. The number of hydrogen-bond donors (Lipinski definition) is 1. The third kappa shape index (κ3) is 3.96. The lowest BCUT2D eigenvalue weighted by Crippen LogP contribution is -2.02. The number of carbonyl (C=O) groups excluding carboxylic acids is 1. The van der Waals surface area contributed by atoms with Crippen LogP contribution < -0.4 is 10.3 Å². The van der Waals surface area contributed by atoms with Gasteiger partial charge in [-0.05, 0) is 31.5 Å². The first-order chi connectivity index (χ1) is 7.04. The van der Waals surface area contributed by atoms with Crippen molar-refractivity contribution in [3.05, 3.63) is 23.8 Å². The molecule has 1 rings (SSSR count). The van der Waals surface area contributed by atoms with E-state index in [1.165, 1.54) is 7.11 Å². The Labute approximate surface area is 100.0 Å². The lowest BCUT2D eigenvalue weighted by Gasteiger charge is -2.12. The number of hydrogen-bond acceptors (Lipinski definition) is 4. The quantitative estimate of drug-likeness (QED) is 0.514. The summed E-state index contributed by atoms with van der Waals surface area (Å²) in [6, 6.07) is 4.85. The normalized spacial score (nSPS) is 9.50. The lowest BCUT2D eigenvalue weighted by atomic mass is 10.2. The lowest BCUT2D eigenvalue weighted by molar-refractivity contribution is 0.0600. The van der Waals surface area contributed by atoms with Crippen molar-refractivity contribution in [2.45, 2.75) is 0 Å². The van der Waals surface area contributed by atoms with Crippen LogP contribution in [0.25, 0.3) is 0 Å². The van der Waals surface area contributed by atoms with Gasteiger partial charge in [0.15, 0.2) is 0 Å². The van der Waals surface area contributed by atoms with Gasteiger partial charge in [0.1, 0.15) is 5.75 Å². The van der Waals surface area contributed by atoms with Gasteiger partial charge < -0.3 is 15.0 Å². The van der Waals surface area contributed by atoms with Gasteiger partial charge >= 0.3 is 5.97 Å². The van der Waals surface area contributed by atoms with Gasteiger partial charge in [-0.2, -0.15) is 9.90 Å². The van der Waals surface area contributed by atoms with Crippen LogP contribution in [0.1, 0.15) is 10.4 Å². The summed E-state index contributed by atoms with van der Waals surface area (Å²) in [7, 11) is 0.778. The second-order valence-corrected chi connectivity index (χ2v) is 4.96. The van der Waals surface area contributed by atoms with E-state index in [1.54, 1.807) is 18.2 Å². The van der Waals surface area contributed by atoms with E-state index in [0.29, 0.717) is 17.0 Å². The topological polar surface area (TPSA) is 61.5 Å². The number of ether oxygens (including phenoxy) is 1. The number of rotatable bonds is 3. The first-order valence-electron chi connectivity index (χ1n) is 4.37. The van der Waals surface area contributed by atoms with Crippen LogP contribution in [0.5, 0.6) is 5.75 Å². The molecule has 2 N–H and O–H groups in total. The number of methoxy groups -OCH3 is 1. The van der Waals surface area contributed by atoms with Crippen LogP contribution >= 0.6 is 18.0 Å². The van der Waals surface area contributed by atoms with Gasteiger partial charge in [-0.15, -0.1) is 0 Å². The largest absolute Gasteiger partial charge is 0.472 e. The van der Waals surface area contributed by atoms with Crippen LogP contribution in [-0.2, 0) is 4.74 Å². The maximum Gasteiger partial charge on any atom is 0.337 e. The number of nitrogen functional groups attached to an aromatic ring is 1. The Bertz CT molecular complexity index is 369. The van der Waals surface area contributed by atoms with Crippen molar-refractivity contribution in [2.24, 2.45) is 0 Å². The zero-order valence-electron chi connectivity index (χ0n) is 9.69. The molecule has 6 heteroatoms. The summed E-state index contributed by atoms with van der Waals surface area (Å²) in [5, 5.41) is 0. The molecule has 0 aliphatic heterocycles. The summed E-state index contributed by atoms with van der Waals surface area (Å²) in [6.45, 7) is 3.92. The predicted molar refractivity (Wildman–Crippen MR) is 72.7 cm³/mol. The second-order valence-electron chi connectivity index (χ2n) is 3.15. The summed E-state index contributed by atoms with van der Waals surface area (Å²) in [5.74, 6) is 0.144. The maximum absolute atomic E-state index is 11.2. The standard InChI is InChI=1S/C10H14NO3P.H3P/c1-13-10(12)7-4-5-8(11)9(6-7)14-15(2)3;/h4-6H,11H2,1-3H3;1H3. The molecule has 0 radical (unpaired) electrons. The van der Waals surface area contributed by atoms with Crippen LogP contribution in [-0.4, -0.2) is 26.4 Å². The summed E-state index contributed by atoms with van der Waals surface area (Å²) in [5.41, 5.74) is 6.68. The van der Waals surface area contributed by atoms with Crippen molar-refractivity contribution in [1.29, 1.82) is 0 Å². The molecular formula is C10H17NO3P2. The van der Waals surface area contributed by atoms with E-state index in [-0.39, 0.29) is 9.90 Å². The second kappa shape index (κ2) is 6.67. The van der Waals surface area contributed by atoms with E-state index in [0.717, 1.165) is 0 Å². The molecule has 90 valence electrons. The Balaban J connectivity index is 0.00000225. The smallest absolute Gasteiger partial charge is 0.337 e. The third-order valence-corrected chi connectivity index (χ3v) is 2.28. The van der Waals surface area contributed by atoms with Crippen molar-refractivity contribution >= 4 is 29.7 Å². The highest BCUT2D eigenvalue weighted by Gasteiger charge is 2.10. The van der Waals surface area contributed by atoms with Gasteiger partial charge in [-0.25, -0.2) is 4.79 Å². The number of anilines is 1. The molecule has 0 amide bonds. The van der Waals surface area contributed by atoms with E-state index >= 15 is 0 Å². The predicted octanol–water partition coefficient (Wildman–Crippen LogP) is 2.15. The fraction of sp³-hybridized carbons (Fsp3) is 0.300. The molecule has 1 atom stereocenters. The van der Waals surface area contributed by atoms with E-state index in [1.807, 2.05) is 13.3 Å². The molecule has 1 unspecified atom stereocenters. The summed E-state index contributed by atoms with van der Waals surface area (Å²) < 4.78 is 10.1. The highest BCUT2D eigenvalue weighted by Crippen LogP contribution is 2.34. The van der Waals surface area contributed by atoms with Gasteiger partial charge in [0, 0.05) is 0 Å². The average Bonchev–Trinajstić information content (AvgIpc) is 2.19. The van der Waals surface area contributed by atoms with E-state index < -0.39 is 14.1 Å². The Hall–Kier alpha value is -0.850. The van der Waals surface area contributed by atoms with Gasteiger partial charge in [0.25, 0.3) is 0 Å². The molecule has 1 aromatic carbocycles. The van der Waals surface area contributed by atoms with Crippen molar-refractivity contribution in [3.8, 4) is 5.75 Å². The van der Waals surface area contributed by atoms with Gasteiger partial charge in [-0.1, -0.05) is 0 Å². The molecule has 0 fully saturated rings.